The average molecular weight is 246 g/mol. The van der Waals surface area contributed by atoms with Crippen LogP contribution in [-0.2, 0) is 0 Å². The Morgan fingerprint density at radius 1 is 1.56 bits per heavy atom. The molecule has 0 bridgehead atoms. The second-order valence-electron chi connectivity index (χ2n) is 4.88. The molecule has 0 atom stereocenters. The minimum atomic E-state index is 0.204. The predicted molar refractivity (Wildman–Crippen MR) is 76.5 cm³/mol. The van der Waals surface area contributed by atoms with Crippen LogP contribution >= 0.6 is 0 Å². The molecule has 4 nitrogen and oxygen atoms in total. The van der Waals surface area contributed by atoms with Crippen molar-refractivity contribution < 1.29 is 0 Å². The molecule has 98 valence electrons. The van der Waals surface area contributed by atoms with Gasteiger partial charge >= 0.3 is 0 Å². The smallest absolute Gasteiger partial charge is 0.146 e. The number of nitrogens with zero attached hydrogens (tertiary/aromatic N) is 2. The van der Waals surface area contributed by atoms with Crippen LogP contribution in [0, 0.1) is 0 Å². The van der Waals surface area contributed by atoms with Crippen molar-refractivity contribution in [2.45, 2.75) is 31.7 Å². The molecule has 2 rings (SSSR count). The van der Waals surface area contributed by atoms with Gasteiger partial charge in [0.25, 0.3) is 0 Å². The van der Waals surface area contributed by atoms with Crippen molar-refractivity contribution in [3.8, 4) is 0 Å². The van der Waals surface area contributed by atoms with Gasteiger partial charge in [0.15, 0.2) is 0 Å². The Kier molecular flexibility index (Phi) is 3.75. The summed E-state index contributed by atoms with van der Waals surface area (Å²) in [6, 6.07) is 3.98. The van der Waals surface area contributed by atoms with Crippen LogP contribution in [0.2, 0.25) is 0 Å². The number of nitrogen functional groups attached to an aromatic ring is 1. The van der Waals surface area contributed by atoms with E-state index in [2.05, 4.69) is 28.7 Å². The third-order valence-electron chi connectivity index (χ3n) is 3.96. The van der Waals surface area contributed by atoms with Crippen molar-refractivity contribution in [2.75, 3.05) is 23.7 Å². The van der Waals surface area contributed by atoms with Crippen molar-refractivity contribution in [2.24, 2.45) is 0 Å². The van der Waals surface area contributed by atoms with E-state index >= 15 is 0 Å². The van der Waals surface area contributed by atoms with Crippen LogP contribution in [0.25, 0.3) is 0 Å². The summed E-state index contributed by atoms with van der Waals surface area (Å²) in [5.74, 6) is 0.623. The van der Waals surface area contributed by atoms with Crippen molar-refractivity contribution >= 4 is 11.5 Å². The number of piperidine rings is 1. The van der Waals surface area contributed by atoms with Crippen LogP contribution < -0.4 is 16.0 Å². The molecular weight excluding hydrogens is 224 g/mol. The lowest BCUT2D eigenvalue weighted by Crippen LogP contribution is -2.51. The average Bonchev–Trinajstić information content (AvgIpc) is 2.41. The zero-order chi connectivity index (χ0) is 13.0. The molecule has 1 saturated heterocycles. The fourth-order valence-corrected chi connectivity index (χ4v) is 2.67. The Morgan fingerprint density at radius 3 is 2.83 bits per heavy atom. The van der Waals surface area contributed by atoms with Gasteiger partial charge in [0.1, 0.15) is 5.82 Å². The zero-order valence-corrected chi connectivity index (χ0v) is 11.0. The Morgan fingerprint density at radius 2 is 2.28 bits per heavy atom. The lowest BCUT2D eigenvalue weighted by Gasteiger charge is -2.42. The highest BCUT2D eigenvalue weighted by Gasteiger charge is 2.32. The van der Waals surface area contributed by atoms with E-state index in [9.17, 15) is 0 Å². The van der Waals surface area contributed by atoms with Gasteiger partial charge in [-0.15, -0.1) is 0 Å². The van der Waals surface area contributed by atoms with E-state index in [1.165, 1.54) is 0 Å². The van der Waals surface area contributed by atoms with Crippen LogP contribution in [-0.4, -0.2) is 23.6 Å². The fraction of sp³-hybridized carbons (Fsp3) is 0.500. The van der Waals surface area contributed by atoms with Gasteiger partial charge in [-0.3, -0.25) is 0 Å². The first-order chi connectivity index (χ1) is 8.71. The Balaban J connectivity index is 2.06. The first-order valence-corrected chi connectivity index (χ1v) is 6.55. The van der Waals surface area contributed by atoms with Crippen molar-refractivity contribution in [3.05, 3.63) is 31.1 Å². The summed E-state index contributed by atoms with van der Waals surface area (Å²) in [4.78, 5) is 6.47. The molecule has 0 aliphatic carbocycles. The highest BCUT2D eigenvalue weighted by molar-refractivity contribution is 5.63. The molecule has 0 aromatic carbocycles. The molecule has 1 fully saturated rings. The van der Waals surface area contributed by atoms with Crippen LogP contribution in [0.15, 0.2) is 31.1 Å². The fourth-order valence-electron chi connectivity index (χ4n) is 2.67. The molecule has 0 amide bonds. The largest absolute Gasteiger partial charge is 0.386 e. The Hall–Kier alpha value is -1.71. The van der Waals surface area contributed by atoms with E-state index in [4.69, 9.17) is 5.73 Å². The third kappa shape index (κ3) is 2.42. The normalized spacial score (nSPS) is 18.4. The highest BCUT2D eigenvalue weighted by atomic mass is 15.2. The number of nitrogens with two attached hydrogens (primary N) is 1. The summed E-state index contributed by atoms with van der Waals surface area (Å²) in [6.07, 6.45) is 6.87. The monoisotopic (exact) mass is 246 g/mol. The van der Waals surface area contributed by atoms with Gasteiger partial charge in [0.2, 0.25) is 0 Å². The van der Waals surface area contributed by atoms with E-state index in [0.717, 1.165) is 38.0 Å². The van der Waals surface area contributed by atoms with Gasteiger partial charge in [-0.05, 0) is 37.6 Å². The summed E-state index contributed by atoms with van der Waals surface area (Å²) in [7, 11) is 0. The van der Waals surface area contributed by atoms with E-state index in [1.807, 2.05) is 18.3 Å². The summed E-state index contributed by atoms with van der Waals surface area (Å²) >= 11 is 0. The number of hydrogen-bond acceptors (Lipinski definition) is 4. The summed E-state index contributed by atoms with van der Waals surface area (Å²) in [6.45, 7) is 8.02. The molecule has 4 heteroatoms. The number of hydrogen-bond donors (Lipinski definition) is 2. The number of rotatable bonds is 4. The first kappa shape index (κ1) is 12.7. The Bertz CT molecular complexity index is 408. The molecule has 1 aromatic heterocycles. The number of aromatic nitrogens is 1. The van der Waals surface area contributed by atoms with E-state index in [0.29, 0.717) is 5.82 Å². The predicted octanol–water partition coefficient (Wildman–Crippen LogP) is 2.15. The van der Waals surface area contributed by atoms with Crippen molar-refractivity contribution in [1.82, 2.24) is 10.3 Å². The van der Waals surface area contributed by atoms with E-state index in [-0.39, 0.29) is 5.54 Å². The summed E-state index contributed by atoms with van der Waals surface area (Å²) in [5, 5.41) is 3.42. The lowest BCUT2D eigenvalue weighted by atomic mass is 9.85. The second-order valence-corrected chi connectivity index (χ2v) is 4.88. The molecular formula is C14H22N4. The molecule has 18 heavy (non-hydrogen) atoms. The number of anilines is 2. The van der Waals surface area contributed by atoms with Crippen molar-refractivity contribution in [1.29, 1.82) is 0 Å². The Labute approximate surface area is 109 Å². The molecule has 0 unspecified atom stereocenters. The summed E-state index contributed by atoms with van der Waals surface area (Å²) in [5.41, 5.74) is 7.19. The number of nitrogens with one attached hydrogen (secondary N) is 1. The topological polar surface area (TPSA) is 54.2 Å². The molecule has 2 heterocycles. The standard InChI is InChI=1S/C14H22N4/c1-3-14(17-4-2)7-10-18(11-8-14)12-6-5-9-16-13(12)15/h4-6,9,17H,2-3,7-8,10-11H2,1H3,(H2,15,16). The zero-order valence-electron chi connectivity index (χ0n) is 11.0. The minimum absolute atomic E-state index is 0.204. The number of pyridine rings is 1. The molecule has 3 N–H and O–H groups in total. The van der Waals surface area contributed by atoms with Gasteiger partial charge in [-0.1, -0.05) is 13.5 Å². The minimum Gasteiger partial charge on any atom is -0.386 e. The quantitative estimate of drug-likeness (QED) is 0.854. The lowest BCUT2D eigenvalue weighted by molar-refractivity contribution is 0.279. The van der Waals surface area contributed by atoms with Crippen molar-refractivity contribution in [3.63, 3.8) is 0 Å². The molecule has 0 saturated carbocycles. The van der Waals surface area contributed by atoms with Crippen LogP contribution in [0.3, 0.4) is 0 Å². The van der Waals surface area contributed by atoms with Gasteiger partial charge in [0.05, 0.1) is 5.69 Å². The molecule has 1 aliphatic rings. The molecule has 0 radical (unpaired) electrons. The van der Waals surface area contributed by atoms with Crippen LogP contribution in [0.5, 0.6) is 0 Å². The van der Waals surface area contributed by atoms with E-state index < -0.39 is 0 Å². The summed E-state index contributed by atoms with van der Waals surface area (Å²) < 4.78 is 0. The van der Waals surface area contributed by atoms with Gasteiger partial charge in [-0.25, -0.2) is 4.98 Å². The first-order valence-electron chi connectivity index (χ1n) is 6.55. The highest BCUT2D eigenvalue weighted by Crippen LogP contribution is 2.30. The SMILES string of the molecule is C=CNC1(CC)CCN(c2cccnc2N)CC1. The molecule has 1 aromatic rings. The van der Waals surface area contributed by atoms with Gasteiger partial charge in [-0.2, -0.15) is 0 Å². The third-order valence-corrected chi connectivity index (χ3v) is 3.96. The molecule has 0 spiro atoms. The van der Waals surface area contributed by atoms with Gasteiger partial charge in [0, 0.05) is 24.8 Å². The van der Waals surface area contributed by atoms with Gasteiger partial charge < -0.3 is 16.0 Å². The van der Waals surface area contributed by atoms with Crippen LogP contribution in [0.1, 0.15) is 26.2 Å². The maximum Gasteiger partial charge on any atom is 0.146 e. The van der Waals surface area contributed by atoms with E-state index in [1.54, 1.807) is 6.20 Å². The maximum atomic E-state index is 5.93. The molecule has 1 aliphatic heterocycles. The maximum absolute atomic E-state index is 5.93. The van der Waals surface area contributed by atoms with Crippen LogP contribution in [0.4, 0.5) is 11.5 Å². The second kappa shape index (κ2) is 5.29.